The van der Waals surface area contributed by atoms with Crippen LogP contribution in [0.5, 0.6) is 0 Å². The number of rotatable bonds is 4. The van der Waals surface area contributed by atoms with E-state index < -0.39 is 0 Å². The summed E-state index contributed by atoms with van der Waals surface area (Å²) in [5, 5.41) is 0.725. The average molecular weight is 243 g/mol. The maximum Gasteiger partial charge on any atom is 0.132 e. The van der Waals surface area contributed by atoms with E-state index in [1.54, 1.807) is 14.0 Å². The van der Waals surface area contributed by atoms with Crippen LogP contribution in [0.1, 0.15) is 35.6 Å². The van der Waals surface area contributed by atoms with E-state index in [4.69, 9.17) is 4.74 Å². The first-order valence-electron chi connectivity index (χ1n) is 2.79. The molecule has 0 rings (SSSR count). The molecule has 0 aliphatic heterocycles. The number of ether oxygens (including phenoxy) is 1. The fourth-order valence-electron chi connectivity index (χ4n) is 0.521. The van der Waals surface area contributed by atoms with Crippen LogP contribution in [0.2, 0.25) is 0 Å². The number of halogens is 1. The predicted molar refractivity (Wildman–Crippen MR) is 60.1 cm³/mol. The zero-order valence-corrected chi connectivity index (χ0v) is 7.27. The number of carbonyl (C=O) groups excluding carboxylic acids is 1. The number of hydrogen-bond donors (Lipinski definition) is 0. The molecule has 0 saturated carbocycles. The standard InChI is InChI=1S/C6H11BrO2.3CH4/c1-5(8)3-6(4-7)9-2;;;/h6H,3-4H2,1-2H3;3*1H4. The van der Waals surface area contributed by atoms with Crippen molar-refractivity contribution in [3.8, 4) is 0 Å². The van der Waals surface area contributed by atoms with Gasteiger partial charge in [0, 0.05) is 18.9 Å². The molecule has 1 atom stereocenters. The first-order chi connectivity index (χ1) is 4.20. The second-order valence-electron chi connectivity index (χ2n) is 1.92. The van der Waals surface area contributed by atoms with Gasteiger partial charge in [0.1, 0.15) is 5.78 Å². The summed E-state index contributed by atoms with van der Waals surface area (Å²) in [7, 11) is 1.61. The average Bonchev–Trinajstić information content (AvgIpc) is 1.82. The smallest absolute Gasteiger partial charge is 0.132 e. The third kappa shape index (κ3) is 12.8. The van der Waals surface area contributed by atoms with Crippen LogP contribution in [0, 0.1) is 0 Å². The van der Waals surface area contributed by atoms with E-state index in [0.29, 0.717) is 6.42 Å². The summed E-state index contributed by atoms with van der Waals surface area (Å²) in [6.45, 7) is 1.56. The van der Waals surface area contributed by atoms with Crippen molar-refractivity contribution in [1.29, 1.82) is 0 Å². The van der Waals surface area contributed by atoms with Crippen molar-refractivity contribution in [2.45, 2.75) is 41.7 Å². The quantitative estimate of drug-likeness (QED) is 0.708. The second-order valence-corrected chi connectivity index (χ2v) is 2.57. The van der Waals surface area contributed by atoms with Crippen LogP contribution >= 0.6 is 15.9 Å². The van der Waals surface area contributed by atoms with Crippen molar-refractivity contribution in [2.75, 3.05) is 12.4 Å². The molecule has 0 aliphatic carbocycles. The van der Waals surface area contributed by atoms with Crippen molar-refractivity contribution in [3.05, 3.63) is 0 Å². The van der Waals surface area contributed by atoms with Gasteiger partial charge in [-0.1, -0.05) is 38.2 Å². The summed E-state index contributed by atoms with van der Waals surface area (Å²) < 4.78 is 4.94. The number of Topliss-reactive ketones (excluding diaryl/α,β-unsaturated/α-hetero) is 1. The van der Waals surface area contributed by atoms with Crippen LogP contribution in [0.15, 0.2) is 0 Å². The molecule has 1 unspecified atom stereocenters. The lowest BCUT2D eigenvalue weighted by molar-refractivity contribution is -0.118. The summed E-state index contributed by atoms with van der Waals surface area (Å²) in [5.74, 6) is 0.168. The Morgan fingerprint density at radius 1 is 1.42 bits per heavy atom. The second kappa shape index (κ2) is 13.7. The van der Waals surface area contributed by atoms with Crippen molar-refractivity contribution in [1.82, 2.24) is 0 Å². The molecule has 0 N–H and O–H groups in total. The summed E-state index contributed by atoms with van der Waals surface area (Å²) in [6.07, 6.45) is 0.546. The molecule has 0 heterocycles. The van der Waals surface area contributed by atoms with E-state index in [2.05, 4.69) is 15.9 Å². The highest BCUT2D eigenvalue weighted by atomic mass is 79.9. The number of alkyl halides is 1. The van der Waals surface area contributed by atoms with Gasteiger partial charge in [-0.05, 0) is 6.92 Å². The molecular formula is C9H23BrO2. The van der Waals surface area contributed by atoms with E-state index in [1.165, 1.54) is 0 Å². The van der Waals surface area contributed by atoms with Gasteiger partial charge >= 0.3 is 0 Å². The molecule has 0 aliphatic rings. The Hall–Kier alpha value is 0.110. The molecular weight excluding hydrogens is 220 g/mol. The first kappa shape index (κ1) is 22.7. The highest BCUT2D eigenvalue weighted by Gasteiger charge is 2.06. The summed E-state index contributed by atoms with van der Waals surface area (Å²) in [4.78, 5) is 10.5. The summed E-state index contributed by atoms with van der Waals surface area (Å²) >= 11 is 3.23. The molecule has 0 aromatic carbocycles. The van der Waals surface area contributed by atoms with Crippen LogP contribution in [-0.4, -0.2) is 24.3 Å². The van der Waals surface area contributed by atoms with E-state index in [1.807, 2.05) is 0 Å². The Morgan fingerprint density at radius 3 is 1.92 bits per heavy atom. The minimum atomic E-state index is 0. The Kier molecular flexibility index (Phi) is 25.9. The van der Waals surface area contributed by atoms with Gasteiger partial charge in [0.05, 0.1) is 6.10 Å². The molecule has 0 aromatic heterocycles. The third-order valence-electron chi connectivity index (χ3n) is 1.02. The first-order valence-corrected chi connectivity index (χ1v) is 3.91. The number of methoxy groups -OCH3 is 1. The van der Waals surface area contributed by atoms with E-state index in [-0.39, 0.29) is 34.2 Å². The van der Waals surface area contributed by atoms with Gasteiger partial charge in [-0.25, -0.2) is 0 Å². The molecule has 0 aromatic rings. The van der Waals surface area contributed by atoms with E-state index in [9.17, 15) is 4.79 Å². The van der Waals surface area contributed by atoms with Gasteiger partial charge in [0.15, 0.2) is 0 Å². The van der Waals surface area contributed by atoms with Gasteiger partial charge < -0.3 is 4.74 Å². The maximum absolute atomic E-state index is 10.5. The third-order valence-corrected chi connectivity index (χ3v) is 1.74. The highest BCUT2D eigenvalue weighted by molar-refractivity contribution is 9.09. The zero-order chi connectivity index (χ0) is 7.28. The molecule has 78 valence electrons. The SMILES string of the molecule is C.C.C.COC(CBr)CC(C)=O. The monoisotopic (exact) mass is 242 g/mol. The highest BCUT2D eigenvalue weighted by Crippen LogP contribution is 2.00. The molecule has 2 nitrogen and oxygen atoms in total. The van der Waals surface area contributed by atoms with Crippen LogP contribution in [0.3, 0.4) is 0 Å². The van der Waals surface area contributed by atoms with Crippen LogP contribution < -0.4 is 0 Å². The normalized spacial score (nSPS) is 9.92. The molecule has 12 heavy (non-hydrogen) atoms. The van der Waals surface area contributed by atoms with Crippen molar-refractivity contribution >= 4 is 21.7 Å². The molecule has 0 saturated heterocycles. The van der Waals surface area contributed by atoms with Gasteiger partial charge in [-0.3, -0.25) is 4.79 Å². The Labute approximate surface area is 85.8 Å². The lowest BCUT2D eigenvalue weighted by Gasteiger charge is -2.07. The molecule has 3 heteroatoms. The van der Waals surface area contributed by atoms with Crippen LogP contribution in [0.4, 0.5) is 0 Å². The van der Waals surface area contributed by atoms with Crippen LogP contribution in [-0.2, 0) is 9.53 Å². The fourth-order valence-corrected chi connectivity index (χ4v) is 1.01. The van der Waals surface area contributed by atoms with Gasteiger partial charge in [-0.2, -0.15) is 0 Å². The number of carbonyl (C=O) groups is 1. The van der Waals surface area contributed by atoms with Crippen LogP contribution in [0.25, 0.3) is 0 Å². The van der Waals surface area contributed by atoms with Gasteiger partial charge in [0.25, 0.3) is 0 Å². The van der Waals surface area contributed by atoms with Crippen molar-refractivity contribution in [3.63, 3.8) is 0 Å². The fraction of sp³-hybridized carbons (Fsp3) is 0.889. The minimum absolute atomic E-state index is 0. The molecule has 0 bridgehead atoms. The molecule has 0 fully saturated rings. The Morgan fingerprint density at radius 2 is 1.83 bits per heavy atom. The maximum atomic E-state index is 10.5. The Balaban J connectivity index is -0.000000107. The lowest BCUT2D eigenvalue weighted by atomic mass is 10.2. The largest absolute Gasteiger partial charge is 0.380 e. The van der Waals surface area contributed by atoms with E-state index in [0.717, 1.165) is 5.33 Å². The molecule has 0 radical (unpaired) electrons. The van der Waals surface area contributed by atoms with Gasteiger partial charge in [0.2, 0.25) is 0 Å². The topological polar surface area (TPSA) is 26.3 Å². The zero-order valence-electron chi connectivity index (χ0n) is 5.69. The lowest BCUT2D eigenvalue weighted by Crippen LogP contribution is -2.15. The number of hydrogen-bond acceptors (Lipinski definition) is 2. The van der Waals surface area contributed by atoms with Crippen molar-refractivity contribution in [2.24, 2.45) is 0 Å². The molecule has 0 amide bonds. The van der Waals surface area contributed by atoms with Crippen molar-refractivity contribution < 1.29 is 9.53 Å². The van der Waals surface area contributed by atoms with Gasteiger partial charge in [-0.15, -0.1) is 0 Å². The number of ketones is 1. The summed E-state index contributed by atoms with van der Waals surface area (Å²) in [6, 6.07) is 0. The molecule has 0 spiro atoms. The minimum Gasteiger partial charge on any atom is -0.380 e. The summed E-state index contributed by atoms with van der Waals surface area (Å²) in [5.41, 5.74) is 0. The predicted octanol–water partition coefficient (Wildman–Crippen LogP) is 3.28. The van der Waals surface area contributed by atoms with E-state index >= 15 is 0 Å². The Bertz CT molecular complexity index is 90.5.